The van der Waals surface area contributed by atoms with E-state index in [1.165, 1.54) is 5.54 Å². The van der Waals surface area contributed by atoms with Gasteiger partial charge in [-0.25, -0.2) is 0 Å². The molecule has 0 atom stereocenters. The molecule has 0 radical (unpaired) electrons. The first kappa shape index (κ1) is 11.8. The highest BCUT2D eigenvalue weighted by atomic mass is 35.5. The van der Waals surface area contributed by atoms with Gasteiger partial charge in [-0.3, -0.25) is 4.79 Å². The summed E-state index contributed by atoms with van der Waals surface area (Å²) in [7, 11) is 0. The number of nitrogens with one attached hydrogen (secondary N) is 2. The van der Waals surface area contributed by atoms with Gasteiger partial charge in [0.2, 0.25) is 5.91 Å². The Bertz CT molecular complexity index is 171. The molecule has 5 heteroatoms. The van der Waals surface area contributed by atoms with Crippen LogP contribution in [0, 0.1) is 0 Å². The van der Waals surface area contributed by atoms with Crippen molar-refractivity contribution < 1.29 is 4.79 Å². The summed E-state index contributed by atoms with van der Waals surface area (Å²) in [6, 6.07) is 0. The highest BCUT2D eigenvalue weighted by Gasteiger charge is 1.97. The molecule has 0 heterocycles. The summed E-state index contributed by atoms with van der Waals surface area (Å²) in [5.41, 5.74) is 1.27. The third-order valence-electron chi connectivity index (χ3n) is 1.07. The number of carbonyl (C=O) groups excluding carboxylic acids is 1. The number of hydrogen-bond donors (Lipinski definition) is 2. The zero-order valence-corrected chi connectivity index (χ0v) is 8.37. The second-order valence-corrected chi connectivity index (χ2v) is 2.82. The Labute approximate surface area is 82.1 Å². The van der Waals surface area contributed by atoms with E-state index in [2.05, 4.69) is 10.6 Å². The summed E-state index contributed by atoms with van der Waals surface area (Å²) in [5, 5.41) is 5.95. The molecule has 0 bridgehead atoms. The molecule has 0 unspecified atom stereocenters. The normalized spacial score (nSPS) is 11.4. The van der Waals surface area contributed by atoms with Crippen molar-refractivity contribution in [1.29, 1.82) is 0 Å². The largest absolute Gasteiger partial charge is 0.355 e. The van der Waals surface area contributed by atoms with E-state index in [0.29, 0.717) is 18.1 Å². The first-order chi connectivity index (χ1) is 5.70. The van der Waals surface area contributed by atoms with E-state index < -0.39 is 0 Å². The van der Waals surface area contributed by atoms with Gasteiger partial charge in [-0.05, 0) is 6.92 Å². The molecule has 1 amide bonds. The lowest BCUT2D eigenvalue weighted by Gasteiger charge is -2.02. The monoisotopic (exact) mass is 210 g/mol. The first-order valence-electron chi connectivity index (χ1n) is 3.62. The van der Waals surface area contributed by atoms with Crippen LogP contribution in [0.1, 0.15) is 6.92 Å². The van der Waals surface area contributed by atoms with Gasteiger partial charge in [0, 0.05) is 23.7 Å². The summed E-state index contributed by atoms with van der Waals surface area (Å²) in [5.74, 6) is -0.0449. The van der Waals surface area contributed by atoms with Gasteiger partial charge < -0.3 is 10.6 Å². The predicted octanol–water partition coefficient (Wildman–Crippen LogP) is 1.03. The zero-order chi connectivity index (χ0) is 9.40. The molecular weight excluding hydrogens is 199 g/mol. The lowest BCUT2D eigenvalue weighted by atomic mass is 10.5. The van der Waals surface area contributed by atoms with Crippen LogP contribution in [0.15, 0.2) is 10.6 Å². The topological polar surface area (TPSA) is 41.1 Å². The van der Waals surface area contributed by atoms with Crippen molar-refractivity contribution in [3.05, 3.63) is 10.6 Å². The van der Waals surface area contributed by atoms with Crippen LogP contribution in [-0.2, 0) is 4.79 Å². The van der Waals surface area contributed by atoms with Crippen LogP contribution >= 0.6 is 23.2 Å². The lowest BCUT2D eigenvalue weighted by molar-refractivity contribution is -0.120. The molecule has 0 spiro atoms. The fraction of sp³-hybridized carbons (Fsp3) is 0.571. The van der Waals surface area contributed by atoms with Gasteiger partial charge >= 0.3 is 0 Å². The Morgan fingerprint density at radius 2 is 2.17 bits per heavy atom. The molecular formula is C7H12Cl2N2O. The van der Waals surface area contributed by atoms with E-state index in [-0.39, 0.29) is 12.5 Å². The average Bonchev–Trinajstić information content (AvgIpc) is 2.04. The fourth-order valence-electron chi connectivity index (χ4n) is 0.594. The van der Waals surface area contributed by atoms with Crippen LogP contribution < -0.4 is 10.6 Å². The highest BCUT2D eigenvalue weighted by molar-refractivity contribution is 6.36. The summed E-state index contributed by atoms with van der Waals surface area (Å²) in [6.45, 7) is 3.18. The summed E-state index contributed by atoms with van der Waals surface area (Å²) in [4.78, 5) is 10.8. The molecule has 0 aromatic heterocycles. The Hall–Kier alpha value is -0.250. The van der Waals surface area contributed by atoms with Crippen molar-refractivity contribution >= 4 is 29.1 Å². The van der Waals surface area contributed by atoms with Crippen LogP contribution in [0.5, 0.6) is 0 Å². The van der Waals surface area contributed by atoms with Gasteiger partial charge in [-0.2, -0.15) is 0 Å². The van der Waals surface area contributed by atoms with E-state index in [1.54, 1.807) is 0 Å². The van der Waals surface area contributed by atoms with Crippen molar-refractivity contribution in [2.45, 2.75) is 6.92 Å². The van der Waals surface area contributed by atoms with E-state index in [9.17, 15) is 4.79 Å². The van der Waals surface area contributed by atoms with Gasteiger partial charge in [0.25, 0.3) is 0 Å². The van der Waals surface area contributed by atoms with Gasteiger partial charge in [-0.1, -0.05) is 23.2 Å². The molecule has 0 aliphatic rings. The van der Waals surface area contributed by atoms with E-state index >= 15 is 0 Å². The third kappa shape index (κ3) is 6.46. The van der Waals surface area contributed by atoms with E-state index in [1.807, 2.05) is 6.92 Å². The second kappa shape index (κ2) is 7.40. The minimum Gasteiger partial charge on any atom is -0.355 e. The number of amides is 1. The fourth-order valence-corrected chi connectivity index (χ4v) is 0.765. The Balaban J connectivity index is 3.37. The highest BCUT2D eigenvalue weighted by Crippen LogP contribution is 1.99. The molecule has 0 aromatic rings. The maximum atomic E-state index is 10.8. The minimum atomic E-state index is -0.0449. The predicted molar refractivity (Wildman–Crippen MR) is 51.3 cm³/mol. The molecule has 0 aromatic carbocycles. The zero-order valence-electron chi connectivity index (χ0n) is 6.86. The molecule has 70 valence electrons. The minimum absolute atomic E-state index is 0.0449. The van der Waals surface area contributed by atoms with Gasteiger partial charge in [0.05, 0.1) is 6.54 Å². The molecule has 0 saturated heterocycles. The molecule has 2 N–H and O–H groups in total. The first-order valence-corrected chi connectivity index (χ1v) is 4.44. The van der Waals surface area contributed by atoms with E-state index in [4.69, 9.17) is 23.2 Å². The lowest BCUT2D eigenvalue weighted by Crippen LogP contribution is -2.34. The Morgan fingerprint density at radius 3 is 2.67 bits per heavy atom. The summed E-state index contributed by atoms with van der Waals surface area (Å²) < 4.78 is 0. The van der Waals surface area contributed by atoms with Gasteiger partial charge in [0.15, 0.2) is 0 Å². The van der Waals surface area contributed by atoms with Crippen molar-refractivity contribution in [2.75, 3.05) is 19.6 Å². The average molecular weight is 211 g/mol. The van der Waals surface area contributed by atoms with Crippen molar-refractivity contribution in [3.63, 3.8) is 0 Å². The smallest absolute Gasteiger partial charge is 0.233 e. The van der Waals surface area contributed by atoms with Crippen LogP contribution in [0.4, 0.5) is 0 Å². The molecule has 3 nitrogen and oxygen atoms in total. The van der Waals surface area contributed by atoms with Gasteiger partial charge in [0.1, 0.15) is 0 Å². The molecule has 0 saturated carbocycles. The number of carbonyl (C=O) groups is 1. The maximum absolute atomic E-state index is 10.8. The molecule has 0 aliphatic heterocycles. The van der Waals surface area contributed by atoms with Crippen LogP contribution in [-0.4, -0.2) is 25.5 Å². The van der Waals surface area contributed by atoms with Crippen LogP contribution in [0.2, 0.25) is 0 Å². The quantitative estimate of drug-likeness (QED) is 0.713. The molecule has 12 heavy (non-hydrogen) atoms. The number of hydrogen-bond acceptors (Lipinski definition) is 2. The second-order valence-electron chi connectivity index (χ2n) is 2.11. The molecule has 0 fully saturated rings. The van der Waals surface area contributed by atoms with Crippen LogP contribution in [0.3, 0.4) is 0 Å². The standard InChI is InChI=1S/C7H12Cl2N2O/c1-2-11-7(12)5-10-4-6(9)3-8/h3,10H,2,4-5H2,1H3,(H,11,12). The van der Waals surface area contributed by atoms with Crippen molar-refractivity contribution in [2.24, 2.45) is 0 Å². The van der Waals surface area contributed by atoms with E-state index in [0.717, 1.165) is 0 Å². The summed E-state index contributed by atoms with van der Waals surface area (Å²) in [6.07, 6.45) is 0. The SMILES string of the molecule is CCNC(=O)CNCC(Cl)=CCl. The molecule has 0 aliphatic carbocycles. The summed E-state index contributed by atoms with van der Waals surface area (Å²) >= 11 is 10.9. The maximum Gasteiger partial charge on any atom is 0.233 e. The third-order valence-corrected chi connectivity index (χ3v) is 1.69. The van der Waals surface area contributed by atoms with Gasteiger partial charge in [-0.15, -0.1) is 0 Å². The van der Waals surface area contributed by atoms with Crippen molar-refractivity contribution in [3.8, 4) is 0 Å². The number of halogens is 2. The van der Waals surface area contributed by atoms with Crippen LogP contribution in [0.25, 0.3) is 0 Å². The molecule has 0 rings (SSSR count). The number of likely N-dealkylation sites (N-methyl/N-ethyl adjacent to an activating group) is 1. The van der Waals surface area contributed by atoms with Crippen molar-refractivity contribution in [1.82, 2.24) is 10.6 Å². The Kier molecular flexibility index (Phi) is 7.25. The Morgan fingerprint density at radius 1 is 1.50 bits per heavy atom. The number of rotatable bonds is 5.